The molecule has 2 rings (SSSR count). The van der Waals surface area contributed by atoms with Crippen LogP contribution in [0.2, 0.25) is 5.02 Å². The molecule has 0 aliphatic rings. The van der Waals surface area contributed by atoms with E-state index >= 15 is 0 Å². The third kappa shape index (κ3) is 3.95. The fourth-order valence-corrected chi connectivity index (χ4v) is 2.98. The van der Waals surface area contributed by atoms with Gasteiger partial charge in [-0.3, -0.25) is 0 Å². The van der Waals surface area contributed by atoms with E-state index in [-0.39, 0.29) is 5.02 Å². The molecular weight excluding hydrogens is 297 g/mol. The van der Waals surface area contributed by atoms with Gasteiger partial charge in [-0.25, -0.2) is 4.39 Å². The summed E-state index contributed by atoms with van der Waals surface area (Å²) < 4.78 is 18.7. The molecule has 0 radical (unpaired) electrons. The van der Waals surface area contributed by atoms with Crippen molar-refractivity contribution < 1.29 is 9.13 Å². The van der Waals surface area contributed by atoms with Crippen LogP contribution in [0.3, 0.4) is 0 Å². The second-order valence-corrected chi connectivity index (χ2v) is 6.19. The molecule has 0 spiro atoms. The molecule has 108 valence electrons. The van der Waals surface area contributed by atoms with E-state index in [0.29, 0.717) is 12.4 Å². The van der Waals surface area contributed by atoms with Crippen LogP contribution in [0, 0.1) is 12.7 Å². The first-order valence-corrected chi connectivity index (χ1v) is 7.66. The van der Waals surface area contributed by atoms with Crippen LogP contribution in [0.4, 0.5) is 4.39 Å². The lowest BCUT2D eigenvalue weighted by molar-refractivity contribution is 0.305. The first kappa shape index (κ1) is 15.3. The molecule has 20 heavy (non-hydrogen) atoms. The van der Waals surface area contributed by atoms with E-state index in [1.54, 1.807) is 17.4 Å². The molecule has 2 nitrogen and oxygen atoms in total. The Morgan fingerprint density at radius 2 is 2.15 bits per heavy atom. The molecule has 1 aromatic heterocycles. The average Bonchev–Trinajstić information content (AvgIpc) is 2.78. The van der Waals surface area contributed by atoms with Crippen LogP contribution in [-0.4, -0.2) is 6.54 Å². The third-order valence-corrected chi connectivity index (χ3v) is 4.29. The molecule has 0 amide bonds. The molecule has 0 atom stereocenters. The molecule has 1 N–H and O–H groups in total. The van der Waals surface area contributed by atoms with Gasteiger partial charge in [0.2, 0.25) is 0 Å². The fourth-order valence-electron chi connectivity index (χ4n) is 1.79. The predicted octanol–water partition coefficient (Wildman–Crippen LogP) is 4.54. The minimum atomic E-state index is -0.432. The summed E-state index contributed by atoms with van der Waals surface area (Å²) in [6.45, 7) is 6.47. The Kier molecular flexibility index (Phi) is 5.40. The molecule has 0 aliphatic heterocycles. The van der Waals surface area contributed by atoms with E-state index in [2.05, 4.69) is 25.2 Å². The summed E-state index contributed by atoms with van der Waals surface area (Å²) in [6, 6.07) is 6.54. The highest BCUT2D eigenvalue weighted by atomic mass is 35.5. The molecule has 1 heterocycles. The topological polar surface area (TPSA) is 21.3 Å². The van der Waals surface area contributed by atoms with Crippen LogP contribution in [0.25, 0.3) is 0 Å². The zero-order valence-corrected chi connectivity index (χ0v) is 13.1. The number of rotatable bonds is 6. The normalized spacial score (nSPS) is 10.8. The molecule has 0 saturated heterocycles. The molecule has 0 fully saturated rings. The summed E-state index contributed by atoms with van der Waals surface area (Å²) in [5.74, 6) is 0.147. The SMILES string of the molecule is CCNCc1cc(COc2ccc(F)c(Cl)c2)c(C)s1. The monoisotopic (exact) mass is 313 g/mol. The molecular formula is C15H17ClFNOS. The van der Waals surface area contributed by atoms with Gasteiger partial charge in [0.25, 0.3) is 0 Å². The molecule has 0 bridgehead atoms. The summed E-state index contributed by atoms with van der Waals surface area (Å²) in [5, 5.41) is 3.38. The zero-order valence-electron chi connectivity index (χ0n) is 11.5. The molecule has 2 aromatic rings. The highest BCUT2D eigenvalue weighted by Gasteiger charge is 2.07. The van der Waals surface area contributed by atoms with Gasteiger partial charge in [0.05, 0.1) is 5.02 Å². The largest absolute Gasteiger partial charge is 0.489 e. The molecule has 1 aromatic carbocycles. The van der Waals surface area contributed by atoms with Gasteiger partial charge in [0.15, 0.2) is 0 Å². The average molecular weight is 314 g/mol. The van der Waals surface area contributed by atoms with Gasteiger partial charge in [-0.1, -0.05) is 18.5 Å². The van der Waals surface area contributed by atoms with Crippen molar-refractivity contribution in [1.29, 1.82) is 0 Å². The van der Waals surface area contributed by atoms with Gasteiger partial charge in [-0.15, -0.1) is 11.3 Å². The number of hydrogen-bond donors (Lipinski definition) is 1. The van der Waals surface area contributed by atoms with Crippen molar-refractivity contribution in [2.24, 2.45) is 0 Å². The summed E-state index contributed by atoms with van der Waals surface area (Å²) in [6.07, 6.45) is 0. The molecule has 0 unspecified atom stereocenters. The second-order valence-electron chi connectivity index (χ2n) is 4.44. The maximum atomic E-state index is 13.1. The van der Waals surface area contributed by atoms with Crippen LogP contribution in [-0.2, 0) is 13.2 Å². The summed E-state index contributed by atoms with van der Waals surface area (Å²) >= 11 is 7.49. The van der Waals surface area contributed by atoms with E-state index in [0.717, 1.165) is 18.7 Å². The van der Waals surface area contributed by atoms with Crippen LogP contribution in [0.1, 0.15) is 22.2 Å². The van der Waals surface area contributed by atoms with E-state index < -0.39 is 5.82 Å². The minimum Gasteiger partial charge on any atom is -0.489 e. The number of thiophene rings is 1. The van der Waals surface area contributed by atoms with E-state index in [9.17, 15) is 4.39 Å². The third-order valence-electron chi connectivity index (χ3n) is 2.91. The Morgan fingerprint density at radius 3 is 2.85 bits per heavy atom. The lowest BCUT2D eigenvalue weighted by atomic mass is 10.2. The van der Waals surface area contributed by atoms with Crippen molar-refractivity contribution in [3.8, 4) is 5.75 Å². The Balaban J connectivity index is 1.99. The Bertz CT molecular complexity index is 585. The summed E-state index contributed by atoms with van der Waals surface area (Å²) in [7, 11) is 0. The van der Waals surface area contributed by atoms with Gasteiger partial charge in [-0.2, -0.15) is 0 Å². The maximum absolute atomic E-state index is 13.1. The Hall–Kier alpha value is -1.10. The van der Waals surface area contributed by atoms with Crippen molar-refractivity contribution in [2.75, 3.05) is 6.54 Å². The fraction of sp³-hybridized carbons (Fsp3) is 0.333. The van der Waals surface area contributed by atoms with Crippen molar-refractivity contribution in [1.82, 2.24) is 5.32 Å². The highest BCUT2D eigenvalue weighted by Crippen LogP contribution is 2.25. The second kappa shape index (κ2) is 7.07. The molecule has 5 heteroatoms. The van der Waals surface area contributed by atoms with Crippen LogP contribution < -0.4 is 10.1 Å². The lowest BCUT2D eigenvalue weighted by Crippen LogP contribution is -2.10. The van der Waals surface area contributed by atoms with E-state index in [4.69, 9.17) is 16.3 Å². The van der Waals surface area contributed by atoms with Crippen LogP contribution in [0.5, 0.6) is 5.75 Å². The van der Waals surface area contributed by atoms with Crippen LogP contribution >= 0.6 is 22.9 Å². The van der Waals surface area contributed by atoms with Crippen molar-refractivity contribution >= 4 is 22.9 Å². The van der Waals surface area contributed by atoms with E-state index in [1.165, 1.54) is 21.9 Å². The van der Waals surface area contributed by atoms with Crippen molar-refractivity contribution in [3.63, 3.8) is 0 Å². The number of nitrogens with one attached hydrogen (secondary N) is 1. The summed E-state index contributed by atoms with van der Waals surface area (Å²) in [4.78, 5) is 2.53. The van der Waals surface area contributed by atoms with E-state index in [1.807, 2.05) is 0 Å². The number of ether oxygens (including phenoxy) is 1. The molecule has 0 saturated carbocycles. The highest BCUT2D eigenvalue weighted by molar-refractivity contribution is 7.12. The van der Waals surface area contributed by atoms with Crippen molar-refractivity contribution in [3.05, 3.63) is 50.4 Å². The smallest absolute Gasteiger partial charge is 0.142 e. The summed E-state index contributed by atoms with van der Waals surface area (Å²) in [5.41, 5.74) is 1.16. The Morgan fingerprint density at radius 1 is 1.35 bits per heavy atom. The predicted molar refractivity (Wildman–Crippen MR) is 82.2 cm³/mol. The quantitative estimate of drug-likeness (QED) is 0.845. The zero-order chi connectivity index (χ0) is 14.5. The first-order valence-electron chi connectivity index (χ1n) is 6.47. The number of halogens is 2. The first-order chi connectivity index (χ1) is 9.60. The number of aryl methyl sites for hydroxylation is 1. The minimum absolute atomic E-state index is 0.0809. The van der Waals surface area contributed by atoms with Gasteiger partial charge in [0.1, 0.15) is 18.2 Å². The maximum Gasteiger partial charge on any atom is 0.142 e. The lowest BCUT2D eigenvalue weighted by Gasteiger charge is -2.06. The standard InChI is InChI=1S/C15H17ClFNOS/c1-3-18-8-13-6-11(10(2)20-13)9-19-12-4-5-15(17)14(16)7-12/h4-7,18H,3,8-9H2,1-2H3. The van der Waals surface area contributed by atoms with Crippen LogP contribution in [0.15, 0.2) is 24.3 Å². The number of hydrogen-bond acceptors (Lipinski definition) is 3. The van der Waals surface area contributed by atoms with Gasteiger partial charge >= 0.3 is 0 Å². The molecule has 0 aliphatic carbocycles. The van der Waals surface area contributed by atoms with Gasteiger partial charge < -0.3 is 10.1 Å². The Labute approximate surface area is 127 Å². The van der Waals surface area contributed by atoms with Gasteiger partial charge in [0, 0.05) is 27.9 Å². The number of benzene rings is 1. The van der Waals surface area contributed by atoms with Crippen molar-refractivity contribution in [2.45, 2.75) is 27.0 Å². The van der Waals surface area contributed by atoms with Gasteiger partial charge in [-0.05, 0) is 31.7 Å².